The molecule has 2 aromatic rings. The van der Waals surface area contributed by atoms with Gasteiger partial charge >= 0.3 is 0 Å². The first-order chi connectivity index (χ1) is 12.1. The molecule has 7 heteroatoms. The Kier molecular flexibility index (Phi) is 10.6. The van der Waals surface area contributed by atoms with Gasteiger partial charge in [0.25, 0.3) is 0 Å². The normalized spacial score (nSPS) is 11.2. The third kappa shape index (κ3) is 7.49. The number of benzene rings is 1. The first-order valence-corrected chi connectivity index (χ1v) is 9.52. The van der Waals surface area contributed by atoms with Crippen molar-refractivity contribution in [3.63, 3.8) is 0 Å². The van der Waals surface area contributed by atoms with Crippen LogP contribution in [0.5, 0.6) is 5.75 Å². The van der Waals surface area contributed by atoms with E-state index in [4.69, 9.17) is 4.74 Å². The number of nitrogens with one attached hydrogen (secondary N) is 2. The van der Waals surface area contributed by atoms with E-state index in [1.54, 1.807) is 25.5 Å². The van der Waals surface area contributed by atoms with Crippen LogP contribution in [-0.4, -0.2) is 31.6 Å². The minimum atomic E-state index is 0. The molecule has 0 aliphatic heterocycles. The maximum Gasteiger partial charge on any atom is 0.191 e. The Morgan fingerprint density at radius 2 is 1.96 bits per heavy atom. The molecule has 0 atom stereocenters. The first kappa shape index (κ1) is 22.7. The Morgan fingerprint density at radius 3 is 2.54 bits per heavy atom. The SMILES string of the molecule is CN=C(NCCCc1ccc(OC)cc1)NCc1nc(C(C)C)cs1.I. The molecule has 144 valence electrons. The monoisotopic (exact) mass is 488 g/mol. The number of guanidine groups is 1. The molecule has 0 aliphatic rings. The van der Waals surface area contributed by atoms with Gasteiger partial charge in [0.1, 0.15) is 10.8 Å². The lowest BCUT2D eigenvalue weighted by molar-refractivity contribution is 0.414. The van der Waals surface area contributed by atoms with Crippen molar-refractivity contribution < 1.29 is 4.74 Å². The molecule has 0 bridgehead atoms. The number of hydrogen-bond acceptors (Lipinski definition) is 4. The minimum absolute atomic E-state index is 0. The molecule has 2 N–H and O–H groups in total. The van der Waals surface area contributed by atoms with Crippen molar-refractivity contribution in [2.45, 2.75) is 39.2 Å². The molecule has 5 nitrogen and oxygen atoms in total. The second kappa shape index (κ2) is 12.1. The molecular formula is C19H29IN4OS. The van der Waals surface area contributed by atoms with Gasteiger partial charge in [0, 0.05) is 19.0 Å². The predicted octanol–water partition coefficient (Wildman–Crippen LogP) is 4.19. The van der Waals surface area contributed by atoms with Crippen molar-refractivity contribution in [1.29, 1.82) is 0 Å². The summed E-state index contributed by atoms with van der Waals surface area (Å²) in [7, 11) is 3.48. The van der Waals surface area contributed by atoms with Crippen LogP contribution in [0.2, 0.25) is 0 Å². The molecule has 0 saturated heterocycles. The summed E-state index contributed by atoms with van der Waals surface area (Å²) >= 11 is 1.69. The quantitative estimate of drug-likeness (QED) is 0.253. The van der Waals surface area contributed by atoms with E-state index in [1.807, 2.05) is 12.1 Å². The van der Waals surface area contributed by atoms with Crippen LogP contribution in [0.15, 0.2) is 34.6 Å². The number of nitrogens with zero attached hydrogens (tertiary/aromatic N) is 2. The maximum atomic E-state index is 5.18. The molecule has 0 fully saturated rings. The fraction of sp³-hybridized carbons (Fsp3) is 0.474. The molecule has 1 aromatic carbocycles. The summed E-state index contributed by atoms with van der Waals surface area (Å²) in [6.45, 7) is 5.90. The zero-order valence-corrected chi connectivity index (χ0v) is 19.1. The lowest BCUT2D eigenvalue weighted by Gasteiger charge is -2.11. The van der Waals surface area contributed by atoms with E-state index in [2.05, 4.69) is 52.0 Å². The van der Waals surface area contributed by atoms with Gasteiger partial charge in [-0.3, -0.25) is 4.99 Å². The number of rotatable bonds is 8. The van der Waals surface area contributed by atoms with Gasteiger partial charge in [-0.05, 0) is 36.5 Å². The van der Waals surface area contributed by atoms with Gasteiger partial charge in [-0.15, -0.1) is 35.3 Å². The molecule has 1 aromatic heterocycles. The summed E-state index contributed by atoms with van der Waals surface area (Å²) < 4.78 is 5.18. The second-order valence-electron chi connectivity index (χ2n) is 6.12. The van der Waals surface area contributed by atoms with Crippen LogP contribution >= 0.6 is 35.3 Å². The largest absolute Gasteiger partial charge is 0.497 e. The van der Waals surface area contributed by atoms with Crippen LogP contribution in [0.1, 0.15) is 42.5 Å². The van der Waals surface area contributed by atoms with Crippen LogP contribution in [0.3, 0.4) is 0 Å². The molecule has 0 aliphatic carbocycles. The lowest BCUT2D eigenvalue weighted by atomic mass is 10.1. The number of halogens is 1. The number of aryl methyl sites for hydroxylation is 1. The van der Waals surface area contributed by atoms with Crippen molar-refractivity contribution in [1.82, 2.24) is 15.6 Å². The summed E-state index contributed by atoms with van der Waals surface area (Å²) in [4.78, 5) is 8.90. The van der Waals surface area contributed by atoms with Gasteiger partial charge in [-0.2, -0.15) is 0 Å². The van der Waals surface area contributed by atoms with E-state index in [-0.39, 0.29) is 24.0 Å². The van der Waals surface area contributed by atoms with Gasteiger partial charge in [-0.1, -0.05) is 26.0 Å². The highest BCUT2D eigenvalue weighted by molar-refractivity contribution is 14.0. The molecule has 26 heavy (non-hydrogen) atoms. The zero-order chi connectivity index (χ0) is 18.1. The van der Waals surface area contributed by atoms with E-state index < -0.39 is 0 Å². The summed E-state index contributed by atoms with van der Waals surface area (Å²) in [6, 6.07) is 8.23. The zero-order valence-electron chi connectivity index (χ0n) is 15.9. The summed E-state index contributed by atoms with van der Waals surface area (Å²) in [5.74, 6) is 2.19. The van der Waals surface area contributed by atoms with Crippen molar-refractivity contribution in [3.8, 4) is 5.75 Å². The highest BCUT2D eigenvalue weighted by Crippen LogP contribution is 2.17. The van der Waals surface area contributed by atoms with Crippen LogP contribution in [-0.2, 0) is 13.0 Å². The molecule has 0 spiro atoms. The Labute approximate surface area is 177 Å². The highest BCUT2D eigenvalue weighted by Gasteiger charge is 2.06. The van der Waals surface area contributed by atoms with Gasteiger partial charge < -0.3 is 15.4 Å². The summed E-state index contributed by atoms with van der Waals surface area (Å²) in [6.07, 6.45) is 2.07. The number of aliphatic imine (C=N–C) groups is 1. The Hall–Kier alpha value is -1.35. The van der Waals surface area contributed by atoms with Crippen molar-refractivity contribution in [2.24, 2.45) is 4.99 Å². The molecular weight excluding hydrogens is 459 g/mol. The van der Waals surface area contributed by atoms with Gasteiger partial charge in [0.05, 0.1) is 19.3 Å². The Balaban J connectivity index is 0.00000338. The van der Waals surface area contributed by atoms with Gasteiger partial charge in [0.2, 0.25) is 0 Å². The summed E-state index contributed by atoms with van der Waals surface area (Å²) in [5.41, 5.74) is 2.47. The molecule has 0 unspecified atom stereocenters. The van der Waals surface area contributed by atoms with Crippen molar-refractivity contribution in [3.05, 3.63) is 45.9 Å². The molecule has 0 amide bonds. The minimum Gasteiger partial charge on any atom is -0.497 e. The van der Waals surface area contributed by atoms with Crippen LogP contribution in [0.25, 0.3) is 0 Å². The van der Waals surface area contributed by atoms with Gasteiger partial charge in [0.15, 0.2) is 5.96 Å². The summed E-state index contributed by atoms with van der Waals surface area (Å²) in [5, 5.41) is 9.89. The highest BCUT2D eigenvalue weighted by atomic mass is 127. The number of hydrogen-bond donors (Lipinski definition) is 2. The molecule has 2 rings (SSSR count). The Bertz CT molecular complexity index is 670. The number of aromatic nitrogens is 1. The standard InChI is InChI=1S/C19H28N4OS.HI/c1-14(2)17-13-25-18(23-17)12-22-19(20-3)21-11-5-6-15-7-9-16(24-4)10-8-15;/h7-10,13-14H,5-6,11-12H2,1-4H3,(H2,20,21,22);1H. The average Bonchev–Trinajstić information content (AvgIpc) is 3.11. The third-order valence-electron chi connectivity index (χ3n) is 3.89. The fourth-order valence-corrected chi connectivity index (χ4v) is 3.24. The van der Waals surface area contributed by atoms with E-state index in [1.165, 1.54) is 5.56 Å². The van der Waals surface area contributed by atoms with E-state index in [0.29, 0.717) is 12.5 Å². The number of methoxy groups -OCH3 is 1. The van der Waals surface area contributed by atoms with Crippen LogP contribution < -0.4 is 15.4 Å². The van der Waals surface area contributed by atoms with Crippen LogP contribution in [0, 0.1) is 0 Å². The first-order valence-electron chi connectivity index (χ1n) is 8.64. The Morgan fingerprint density at radius 1 is 1.23 bits per heavy atom. The van der Waals surface area contributed by atoms with E-state index >= 15 is 0 Å². The van der Waals surface area contributed by atoms with Gasteiger partial charge in [-0.25, -0.2) is 4.98 Å². The fourth-order valence-electron chi connectivity index (χ4n) is 2.34. The van der Waals surface area contributed by atoms with E-state index in [9.17, 15) is 0 Å². The number of ether oxygens (including phenoxy) is 1. The molecule has 1 heterocycles. The maximum absolute atomic E-state index is 5.18. The molecule has 0 radical (unpaired) electrons. The average molecular weight is 488 g/mol. The topological polar surface area (TPSA) is 58.5 Å². The van der Waals surface area contributed by atoms with Crippen LogP contribution in [0.4, 0.5) is 0 Å². The third-order valence-corrected chi connectivity index (χ3v) is 4.75. The predicted molar refractivity (Wildman–Crippen MR) is 121 cm³/mol. The number of thiazole rings is 1. The van der Waals surface area contributed by atoms with E-state index in [0.717, 1.165) is 41.8 Å². The smallest absolute Gasteiger partial charge is 0.191 e. The lowest BCUT2D eigenvalue weighted by Crippen LogP contribution is -2.37. The second-order valence-corrected chi connectivity index (χ2v) is 7.07. The van der Waals surface area contributed by atoms with Crippen molar-refractivity contribution >= 4 is 41.3 Å². The van der Waals surface area contributed by atoms with Crippen molar-refractivity contribution in [2.75, 3.05) is 20.7 Å². The molecule has 0 saturated carbocycles.